The Morgan fingerprint density at radius 1 is 1.31 bits per heavy atom. The number of benzene rings is 1. The average Bonchev–Trinajstić information content (AvgIpc) is 2.15. The third-order valence-corrected chi connectivity index (χ3v) is 5.54. The first-order valence-electron chi connectivity index (χ1n) is 5.07. The summed E-state index contributed by atoms with van der Waals surface area (Å²) in [6.07, 6.45) is 0. The van der Waals surface area contributed by atoms with Crippen molar-refractivity contribution in [3.8, 4) is 0 Å². The Bertz CT molecular complexity index is 236. The van der Waals surface area contributed by atoms with Gasteiger partial charge in [-0.3, -0.25) is 0 Å². The number of anilines is 1. The molecule has 0 amide bonds. The molecule has 0 aliphatic carbocycles. The van der Waals surface area contributed by atoms with Crippen molar-refractivity contribution in [3.05, 3.63) is 30.3 Å². The van der Waals surface area contributed by atoms with E-state index in [1.807, 2.05) is 0 Å². The third-order valence-electron chi connectivity index (χ3n) is 2.18. The summed E-state index contributed by atoms with van der Waals surface area (Å²) in [7, 11) is 1.34. The second-order valence-electron chi connectivity index (χ2n) is 3.62. The maximum absolute atomic E-state index is 2.60. The van der Waals surface area contributed by atoms with E-state index in [1.54, 1.807) is 0 Å². The number of nitrogens with zero attached hydrogens (tertiary/aromatic N) is 1. The molecule has 0 atom stereocenters. The van der Waals surface area contributed by atoms with Gasteiger partial charge < -0.3 is 4.57 Å². The fourth-order valence-corrected chi connectivity index (χ4v) is 4.46. The Labute approximate surface area is 86.5 Å². The fourth-order valence-electron chi connectivity index (χ4n) is 1.55. The first kappa shape index (κ1) is 10.5. The van der Waals surface area contributed by atoms with Crippen molar-refractivity contribution in [1.29, 1.82) is 0 Å². The lowest BCUT2D eigenvalue weighted by Crippen LogP contribution is -2.34. The lowest BCUT2D eigenvalue weighted by Gasteiger charge is -2.28. The van der Waals surface area contributed by atoms with Crippen LogP contribution >= 0.6 is 0 Å². The van der Waals surface area contributed by atoms with Gasteiger partial charge >= 0.3 is 0 Å². The second-order valence-corrected chi connectivity index (χ2v) is 8.75. The van der Waals surface area contributed by atoms with Crippen molar-refractivity contribution in [3.63, 3.8) is 0 Å². The predicted molar refractivity (Wildman–Crippen MR) is 67.3 cm³/mol. The van der Waals surface area contributed by atoms with Crippen LogP contribution in [-0.2, 0) is 0 Å². The Morgan fingerprint density at radius 2 is 1.92 bits per heavy atom. The van der Waals surface area contributed by atoms with E-state index in [2.05, 4.69) is 48.7 Å². The van der Waals surface area contributed by atoms with Crippen molar-refractivity contribution in [2.45, 2.75) is 25.6 Å². The quantitative estimate of drug-likeness (QED) is 0.661. The highest BCUT2D eigenvalue weighted by Crippen LogP contribution is 2.14. The number of hydrogen-bond donors (Lipinski definition) is 0. The van der Waals surface area contributed by atoms with Crippen LogP contribution in [-0.4, -0.2) is 26.0 Å². The van der Waals surface area contributed by atoms with Gasteiger partial charge in [-0.1, -0.05) is 23.9 Å². The SMILES string of the molecule is CC(C)N([SiH2]C[SiH3])c1ccccc1. The van der Waals surface area contributed by atoms with Crippen molar-refractivity contribution >= 4 is 25.6 Å². The maximum atomic E-state index is 2.60. The molecule has 0 aliphatic rings. The summed E-state index contributed by atoms with van der Waals surface area (Å²) in [5, 5.41) is 0. The first-order valence-corrected chi connectivity index (χ1v) is 8.12. The molecule has 0 saturated carbocycles. The van der Waals surface area contributed by atoms with E-state index in [-0.39, 0.29) is 9.68 Å². The van der Waals surface area contributed by atoms with Crippen LogP contribution in [0.5, 0.6) is 0 Å². The van der Waals surface area contributed by atoms with Gasteiger partial charge in [0.25, 0.3) is 0 Å². The summed E-state index contributed by atoms with van der Waals surface area (Å²) >= 11 is 0. The largest absolute Gasteiger partial charge is 0.401 e. The molecule has 0 unspecified atom stereocenters. The molecule has 1 nitrogen and oxygen atoms in total. The molecule has 0 radical (unpaired) electrons. The summed E-state index contributed by atoms with van der Waals surface area (Å²) in [5.74, 6) is 0. The molecule has 1 aromatic rings. The molecule has 0 bridgehead atoms. The lowest BCUT2D eigenvalue weighted by molar-refractivity contribution is 0.822. The summed E-state index contributed by atoms with van der Waals surface area (Å²) in [4.78, 5) is 0. The molecule has 0 fully saturated rings. The Balaban J connectivity index is 2.76. The number of hydrogen-bond acceptors (Lipinski definition) is 1. The van der Waals surface area contributed by atoms with Crippen LogP contribution in [0.1, 0.15) is 13.8 Å². The third kappa shape index (κ3) is 3.01. The standard InChI is InChI=1S/C10H19NSi2/c1-9(2)11(13-8-12)10-6-4-3-5-7-10/h3-7,9H,8,13H2,1-2,12H3. The van der Waals surface area contributed by atoms with Gasteiger partial charge in [0.1, 0.15) is 9.68 Å². The molecule has 0 spiro atoms. The zero-order chi connectivity index (χ0) is 9.68. The zero-order valence-corrected chi connectivity index (χ0v) is 12.2. The zero-order valence-electron chi connectivity index (χ0n) is 8.83. The topological polar surface area (TPSA) is 3.24 Å². The molecular weight excluding hydrogens is 190 g/mol. The van der Waals surface area contributed by atoms with Gasteiger partial charge in [-0.05, 0) is 26.0 Å². The maximum Gasteiger partial charge on any atom is 0.121 e. The average molecular weight is 209 g/mol. The summed E-state index contributed by atoms with van der Waals surface area (Å²) in [6, 6.07) is 11.5. The highest BCUT2D eigenvalue weighted by Gasteiger charge is 2.07. The highest BCUT2D eigenvalue weighted by atomic mass is 28.3. The Hall–Kier alpha value is -0.546. The number of para-hydroxylation sites is 1. The number of rotatable bonds is 4. The second kappa shape index (κ2) is 5.24. The molecule has 13 heavy (non-hydrogen) atoms. The van der Waals surface area contributed by atoms with Crippen LogP contribution < -0.4 is 4.57 Å². The molecule has 0 N–H and O–H groups in total. The van der Waals surface area contributed by atoms with E-state index in [1.165, 1.54) is 21.6 Å². The van der Waals surface area contributed by atoms with E-state index in [0.29, 0.717) is 6.04 Å². The van der Waals surface area contributed by atoms with Gasteiger partial charge in [0.15, 0.2) is 0 Å². The minimum atomic E-state index is -0.0150. The summed E-state index contributed by atoms with van der Waals surface area (Å²) in [6.45, 7) is 4.58. The molecular formula is C10H19NSi2. The molecule has 72 valence electrons. The van der Waals surface area contributed by atoms with Gasteiger partial charge in [-0.25, -0.2) is 0 Å². The molecule has 1 aromatic carbocycles. The summed E-state index contributed by atoms with van der Waals surface area (Å²) < 4.78 is 2.60. The van der Waals surface area contributed by atoms with E-state index < -0.39 is 0 Å². The van der Waals surface area contributed by atoms with Crippen LogP contribution in [0.2, 0.25) is 5.67 Å². The van der Waals surface area contributed by atoms with Gasteiger partial charge in [0, 0.05) is 22.0 Å². The summed E-state index contributed by atoms with van der Waals surface area (Å²) in [5.41, 5.74) is 2.90. The van der Waals surface area contributed by atoms with E-state index in [0.717, 1.165) is 0 Å². The fraction of sp³-hybridized carbons (Fsp3) is 0.400. The van der Waals surface area contributed by atoms with Crippen LogP contribution in [0.25, 0.3) is 0 Å². The molecule has 1 rings (SSSR count). The Morgan fingerprint density at radius 3 is 2.38 bits per heavy atom. The van der Waals surface area contributed by atoms with E-state index >= 15 is 0 Å². The van der Waals surface area contributed by atoms with Gasteiger partial charge in [0.05, 0.1) is 0 Å². The van der Waals surface area contributed by atoms with Crippen LogP contribution in [0.15, 0.2) is 30.3 Å². The normalized spacial score (nSPS) is 11.6. The minimum Gasteiger partial charge on any atom is -0.401 e. The monoisotopic (exact) mass is 209 g/mol. The Kier molecular flexibility index (Phi) is 4.25. The van der Waals surface area contributed by atoms with Crippen molar-refractivity contribution in [1.82, 2.24) is 0 Å². The first-order chi connectivity index (χ1) is 6.25. The van der Waals surface area contributed by atoms with Gasteiger partial charge in [0.2, 0.25) is 0 Å². The molecule has 0 saturated heterocycles. The van der Waals surface area contributed by atoms with Gasteiger partial charge in [-0.2, -0.15) is 0 Å². The molecule has 0 heterocycles. The predicted octanol–water partition coefficient (Wildman–Crippen LogP) is 0.726. The van der Waals surface area contributed by atoms with Gasteiger partial charge in [-0.15, -0.1) is 0 Å². The van der Waals surface area contributed by atoms with Crippen LogP contribution in [0.4, 0.5) is 5.69 Å². The lowest BCUT2D eigenvalue weighted by atomic mass is 10.3. The molecule has 3 heteroatoms. The molecule has 0 aliphatic heterocycles. The highest BCUT2D eigenvalue weighted by molar-refractivity contribution is 6.51. The van der Waals surface area contributed by atoms with Crippen molar-refractivity contribution in [2.75, 3.05) is 4.57 Å². The van der Waals surface area contributed by atoms with Crippen LogP contribution in [0, 0.1) is 0 Å². The minimum absolute atomic E-state index is 0.0150. The van der Waals surface area contributed by atoms with Crippen molar-refractivity contribution < 1.29 is 0 Å². The van der Waals surface area contributed by atoms with Crippen LogP contribution in [0.3, 0.4) is 0 Å². The van der Waals surface area contributed by atoms with E-state index in [4.69, 9.17) is 0 Å². The van der Waals surface area contributed by atoms with Crippen molar-refractivity contribution in [2.24, 2.45) is 0 Å². The smallest absolute Gasteiger partial charge is 0.121 e. The van der Waals surface area contributed by atoms with E-state index in [9.17, 15) is 0 Å². The molecule has 0 aromatic heterocycles.